The quantitative estimate of drug-likeness (QED) is 0.325. The summed E-state index contributed by atoms with van der Waals surface area (Å²) in [6.07, 6.45) is 1.81. The summed E-state index contributed by atoms with van der Waals surface area (Å²) in [4.78, 5) is 4.47. The topological polar surface area (TPSA) is 69.9 Å². The number of para-hydroxylation sites is 1. The smallest absolute Gasteiger partial charge is 0.0964 e. The fourth-order valence-corrected chi connectivity index (χ4v) is 5.38. The zero-order chi connectivity index (χ0) is 21.7. The lowest BCUT2D eigenvalue weighted by atomic mass is 10.1. The summed E-state index contributed by atoms with van der Waals surface area (Å²) in [6.45, 7) is 0. The Bertz CT molecular complexity index is 1580. The minimum Gasteiger partial charge on any atom is -0.396 e. The Balaban J connectivity index is 1.63. The van der Waals surface area contributed by atoms with Crippen molar-refractivity contribution >= 4 is 43.0 Å². The first-order chi connectivity index (χ1) is 15.7. The molecular formula is C27H20N4S. The Morgan fingerprint density at radius 3 is 2.22 bits per heavy atom. The van der Waals surface area contributed by atoms with Gasteiger partial charge in [-0.25, -0.2) is 0 Å². The van der Waals surface area contributed by atoms with Crippen LogP contribution in [0.4, 0.5) is 10.7 Å². The van der Waals surface area contributed by atoms with E-state index in [1.807, 2.05) is 48.7 Å². The van der Waals surface area contributed by atoms with E-state index in [0.29, 0.717) is 0 Å². The normalized spacial score (nSPS) is 11.4. The maximum Gasteiger partial charge on any atom is 0.0964 e. The molecule has 0 amide bonds. The third-order valence-electron chi connectivity index (χ3n) is 5.86. The highest BCUT2D eigenvalue weighted by Gasteiger charge is 2.23. The maximum absolute atomic E-state index is 6.77. The molecule has 154 valence electrons. The number of thiophene rings is 1. The zero-order valence-corrected chi connectivity index (χ0v) is 18.0. The first kappa shape index (κ1) is 18.7. The fraction of sp³-hybridized carbons (Fsp3) is 0. The number of rotatable bonds is 3. The fourth-order valence-electron chi connectivity index (χ4n) is 4.40. The van der Waals surface area contributed by atoms with Crippen LogP contribution in [0.1, 0.15) is 0 Å². The summed E-state index contributed by atoms with van der Waals surface area (Å²) in [5.74, 6) is 0. The van der Waals surface area contributed by atoms with Gasteiger partial charge in [-0.2, -0.15) is 0 Å². The summed E-state index contributed by atoms with van der Waals surface area (Å²) in [5, 5.41) is 2.91. The van der Waals surface area contributed by atoms with E-state index in [9.17, 15) is 0 Å². The van der Waals surface area contributed by atoms with Crippen molar-refractivity contribution in [2.24, 2.45) is 0 Å². The highest BCUT2D eigenvalue weighted by atomic mass is 32.1. The third-order valence-corrected chi connectivity index (χ3v) is 6.86. The molecule has 3 aromatic carbocycles. The molecule has 0 bridgehead atoms. The molecule has 32 heavy (non-hydrogen) atoms. The number of hydrogen-bond donors (Lipinski definition) is 2. The molecule has 0 unspecified atom stereocenters. The minimum atomic E-state index is 0.740. The molecule has 3 heterocycles. The molecule has 0 aliphatic rings. The number of nitrogens with two attached hydrogens (primary N) is 2. The van der Waals surface area contributed by atoms with Crippen LogP contribution in [-0.4, -0.2) is 9.55 Å². The number of nitrogens with zero attached hydrogens (tertiary/aromatic N) is 2. The van der Waals surface area contributed by atoms with Gasteiger partial charge < -0.3 is 16.0 Å². The first-order valence-corrected chi connectivity index (χ1v) is 11.2. The van der Waals surface area contributed by atoms with E-state index in [2.05, 4.69) is 58.1 Å². The van der Waals surface area contributed by atoms with Crippen LogP contribution in [0.15, 0.2) is 97.2 Å². The summed E-state index contributed by atoms with van der Waals surface area (Å²) in [7, 11) is 0. The van der Waals surface area contributed by atoms with Gasteiger partial charge in [0.15, 0.2) is 0 Å². The van der Waals surface area contributed by atoms with E-state index < -0.39 is 0 Å². The number of pyridine rings is 1. The van der Waals surface area contributed by atoms with E-state index >= 15 is 0 Å². The van der Waals surface area contributed by atoms with Gasteiger partial charge in [0.05, 0.1) is 27.6 Å². The van der Waals surface area contributed by atoms with Crippen LogP contribution >= 0.6 is 11.3 Å². The predicted octanol–water partition coefficient (Wildman–Crippen LogP) is 6.74. The van der Waals surface area contributed by atoms with Crippen molar-refractivity contribution in [2.75, 3.05) is 11.5 Å². The van der Waals surface area contributed by atoms with Crippen molar-refractivity contribution in [2.45, 2.75) is 0 Å². The van der Waals surface area contributed by atoms with Crippen molar-refractivity contribution in [3.63, 3.8) is 0 Å². The van der Waals surface area contributed by atoms with Crippen LogP contribution in [0, 0.1) is 0 Å². The van der Waals surface area contributed by atoms with Crippen molar-refractivity contribution in [3.05, 3.63) is 97.2 Å². The standard InChI is InChI=1S/C27H20N4S/c28-25-19-7-1-3-10-22(19)31(18-14-12-17(13-15-18)21-9-5-6-16-30-21)26(25)24-20-8-2-4-11-23(20)32-27(24)29/h1-16H,28-29H2. The van der Waals surface area contributed by atoms with Gasteiger partial charge in [-0.3, -0.25) is 4.98 Å². The highest BCUT2D eigenvalue weighted by Crippen LogP contribution is 2.47. The van der Waals surface area contributed by atoms with Crippen molar-refractivity contribution in [3.8, 4) is 28.2 Å². The van der Waals surface area contributed by atoms with Crippen LogP contribution < -0.4 is 11.5 Å². The first-order valence-electron chi connectivity index (χ1n) is 10.4. The Kier molecular flexibility index (Phi) is 4.23. The summed E-state index contributed by atoms with van der Waals surface area (Å²) in [5.41, 5.74) is 20.1. The molecule has 3 aromatic heterocycles. The molecule has 0 saturated carbocycles. The average molecular weight is 433 g/mol. The van der Waals surface area contributed by atoms with Gasteiger partial charge in [0, 0.05) is 38.5 Å². The molecule has 0 atom stereocenters. The molecule has 0 saturated heterocycles. The van der Waals surface area contributed by atoms with Crippen molar-refractivity contribution < 1.29 is 0 Å². The van der Waals surface area contributed by atoms with E-state index in [4.69, 9.17) is 11.5 Å². The van der Waals surface area contributed by atoms with Crippen LogP contribution in [-0.2, 0) is 0 Å². The Hall–Kier alpha value is -4.09. The van der Waals surface area contributed by atoms with E-state index in [0.717, 1.165) is 59.9 Å². The Labute approximate surface area is 189 Å². The van der Waals surface area contributed by atoms with Crippen LogP contribution in [0.5, 0.6) is 0 Å². The lowest BCUT2D eigenvalue weighted by Crippen LogP contribution is -2.00. The molecule has 6 rings (SSSR count). The van der Waals surface area contributed by atoms with Gasteiger partial charge in [0.1, 0.15) is 0 Å². The molecule has 0 radical (unpaired) electrons. The number of nitrogen functional groups attached to an aromatic ring is 2. The van der Waals surface area contributed by atoms with Gasteiger partial charge in [-0.15, -0.1) is 11.3 Å². The molecular weight excluding hydrogens is 412 g/mol. The number of anilines is 2. The van der Waals surface area contributed by atoms with Gasteiger partial charge in [0.25, 0.3) is 0 Å². The van der Waals surface area contributed by atoms with Crippen LogP contribution in [0.2, 0.25) is 0 Å². The number of aromatic nitrogens is 2. The van der Waals surface area contributed by atoms with Gasteiger partial charge in [-0.1, -0.05) is 54.6 Å². The van der Waals surface area contributed by atoms with Crippen molar-refractivity contribution in [1.29, 1.82) is 0 Å². The lowest BCUT2D eigenvalue weighted by molar-refractivity contribution is 1.14. The molecule has 0 aliphatic carbocycles. The predicted molar refractivity (Wildman–Crippen MR) is 136 cm³/mol. The van der Waals surface area contributed by atoms with Gasteiger partial charge in [0.2, 0.25) is 0 Å². The van der Waals surface area contributed by atoms with Gasteiger partial charge in [-0.05, 0) is 36.4 Å². The molecule has 0 spiro atoms. The molecule has 4 nitrogen and oxygen atoms in total. The summed E-state index contributed by atoms with van der Waals surface area (Å²) < 4.78 is 3.37. The van der Waals surface area contributed by atoms with E-state index in [-0.39, 0.29) is 0 Å². The largest absolute Gasteiger partial charge is 0.396 e. The maximum atomic E-state index is 6.77. The Morgan fingerprint density at radius 1 is 0.719 bits per heavy atom. The second-order valence-corrected chi connectivity index (χ2v) is 8.80. The number of fused-ring (bicyclic) bond motifs is 2. The number of hydrogen-bond acceptors (Lipinski definition) is 4. The number of benzene rings is 3. The second kappa shape index (κ2) is 7.25. The molecule has 6 aromatic rings. The highest BCUT2D eigenvalue weighted by molar-refractivity contribution is 7.23. The SMILES string of the molecule is Nc1sc2ccccc2c1-c1c(N)c2ccccc2n1-c1ccc(-c2ccccn2)cc1. The molecule has 4 N–H and O–H groups in total. The van der Waals surface area contributed by atoms with Crippen LogP contribution in [0.3, 0.4) is 0 Å². The minimum absolute atomic E-state index is 0.740. The average Bonchev–Trinajstić information content (AvgIpc) is 3.32. The molecule has 0 fully saturated rings. The van der Waals surface area contributed by atoms with E-state index in [1.165, 1.54) is 0 Å². The zero-order valence-electron chi connectivity index (χ0n) is 17.2. The lowest BCUT2D eigenvalue weighted by Gasteiger charge is -2.13. The summed E-state index contributed by atoms with van der Waals surface area (Å²) >= 11 is 1.60. The molecule has 5 heteroatoms. The van der Waals surface area contributed by atoms with Crippen molar-refractivity contribution in [1.82, 2.24) is 9.55 Å². The van der Waals surface area contributed by atoms with Gasteiger partial charge >= 0.3 is 0 Å². The Morgan fingerprint density at radius 2 is 1.44 bits per heavy atom. The third kappa shape index (κ3) is 2.79. The molecule has 0 aliphatic heterocycles. The monoisotopic (exact) mass is 432 g/mol. The summed E-state index contributed by atoms with van der Waals surface area (Å²) in [6, 6.07) is 30.9. The van der Waals surface area contributed by atoms with E-state index in [1.54, 1.807) is 11.3 Å². The van der Waals surface area contributed by atoms with Crippen LogP contribution in [0.25, 0.3) is 49.2 Å². The second-order valence-electron chi connectivity index (χ2n) is 7.71.